The second-order valence-corrected chi connectivity index (χ2v) is 9.02. The molecule has 0 aromatic heterocycles. The average Bonchev–Trinajstić information content (AvgIpc) is 2.96. The van der Waals surface area contributed by atoms with Crippen LogP contribution in [0.5, 0.6) is 0 Å². The number of nitrogens with zero attached hydrogens (tertiary/aromatic N) is 1. The topological polar surface area (TPSA) is 63.4 Å². The van der Waals surface area contributed by atoms with Gasteiger partial charge in [-0.3, -0.25) is 9.59 Å². The van der Waals surface area contributed by atoms with Gasteiger partial charge in [0.2, 0.25) is 11.8 Å². The second-order valence-electron chi connectivity index (χ2n) is 9.02. The highest BCUT2D eigenvalue weighted by atomic mass is 16.2. The summed E-state index contributed by atoms with van der Waals surface area (Å²) in [5, 5.41) is 0. The van der Waals surface area contributed by atoms with Crippen LogP contribution in [0.2, 0.25) is 0 Å². The van der Waals surface area contributed by atoms with Crippen molar-refractivity contribution in [2.75, 3.05) is 6.54 Å². The Morgan fingerprint density at radius 1 is 0.957 bits per heavy atom. The fraction of sp³-hybridized carbons (Fsp3) is 0.895. The van der Waals surface area contributed by atoms with Crippen molar-refractivity contribution < 1.29 is 9.59 Å². The summed E-state index contributed by atoms with van der Waals surface area (Å²) < 4.78 is 0. The molecule has 5 saturated carbocycles. The average molecular weight is 318 g/mol. The SMILES string of the molecule is NC(=O)CN(C(=O)CC12CC3CC(CC(C3)C1)C2)C1CCCC1. The molecule has 23 heavy (non-hydrogen) atoms. The predicted octanol–water partition coefficient (Wildman–Crippen LogP) is 2.85. The van der Waals surface area contributed by atoms with Crippen LogP contribution in [0.3, 0.4) is 0 Å². The van der Waals surface area contributed by atoms with Gasteiger partial charge < -0.3 is 10.6 Å². The minimum absolute atomic E-state index is 0.121. The van der Waals surface area contributed by atoms with Crippen LogP contribution < -0.4 is 5.73 Å². The molecule has 0 aliphatic heterocycles. The number of amides is 2. The third-order valence-electron chi connectivity index (χ3n) is 7.10. The van der Waals surface area contributed by atoms with E-state index in [1.54, 1.807) is 0 Å². The fourth-order valence-corrected chi connectivity index (χ4v) is 6.73. The zero-order valence-corrected chi connectivity index (χ0v) is 14.1. The lowest BCUT2D eigenvalue weighted by molar-refractivity contribution is -0.144. The summed E-state index contributed by atoms with van der Waals surface area (Å²) >= 11 is 0. The summed E-state index contributed by atoms with van der Waals surface area (Å²) in [4.78, 5) is 26.4. The zero-order valence-electron chi connectivity index (χ0n) is 14.1. The summed E-state index contributed by atoms with van der Waals surface area (Å²) in [6, 6.07) is 0.254. The molecule has 0 aromatic carbocycles. The zero-order chi connectivity index (χ0) is 16.0. The van der Waals surface area contributed by atoms with Gasteiger partial charge in [0.15, 0.2) is 0 Å². The van der Waals surface area contributed by atoms with Gasteiger partial charge in [-0.15, -0.1) is 0 Å². The second kappa shape index (κ2) is 5.78. The predicted molar refractivity (Wildman–Crippen MR) is 88.4 cm³/mol. The standard InChI is InChI=1S/C19H30N2O2/c20-17(22)12-21(16-3-1-2-4-16)18(23)11-19-8-13-5-14(9-19)7-15(6-13)10-19/h13-16H,1-12H2,(H2,20,22). The molecule has 0 heterocycles. The molecule has 4 heteroatoms. The van der Waals surface area contributed by atoms with Crippen molar-refractivity contribution in [1.82, 2.24) is 4.90 Å². The first-order valence-electron chi connectivity index (χ1n) is 9.61. The molecule has 0 saturated heterocycles. The molecule has 0 spiro atoms. The van der Waals surface area contributed by atoms with E-state index in [1.165, 1.54) is 51.4 Å². The van der Waals surface area contributed by atoms with E-state index in [0.29, 0.717) is 6.42 Å². The summed E-state index contributed by atoms with van der Waals surface area (Å²) in [7, 11) is 0. The molecule has 5 rings (SSSR count). The molecule has 5 fully saturated rings. The maximum absolute atomic E-state index is 13.1. The highest BCUT2D eigenvalue weighted by molar-refractivity contribution is 5.84. The van der Waals surface area contributed by atoms with Gasteiger partial charge in [0.05, 0.1) is 6.54 Å². The number of carbonyl (C=O) groups excluding carboxylic acids is 2. The highest BCUT2D eigenvalue weighted by Gasteiger charge is 2.52. The summed E-state index contributed by atoms with van der Waals surface area (Å²) in [6.07, 6.45) is 13.1. The van der Waals surface area contributed by atoms with Gasteiger partial charge in [-0.05, 0) is 74.5 Å². The molecule has 128 valence electrons. The van der Waals surface area contributed by atoms with E-state index in [4.69, 9.17) is 5.73 Å². The van der Waals surface area contributed by atoms with Crippen LogP contribution in [0.25, 0.3) is 0 Å². The number of rotatable bonds is 5. The molecular formula is C19H30N2O2. The fourth-order valence-electron chi connectivity index (χ4n) is 6.73. The number of hydrogen-bond acceptors (Lipinski definition) is 2. The van der Waals surface area contributed by atoms with Gasteiger partial charge in [0.1, 0.15) is 0 Å². The van der Waals surface area contributed by atoms with E-state index in [-0.39, 0.29) is 29.8 Å². The van der Waals surface area contributed by atoms with Crippen molar-refractivity contribution in [1.29, 1.82) is 0 Å². The third-order valence-corrected chi connectivity index (χ3v) is 7.10. The van der Waals surface area contributed by atoms with E-state index >= 15 is 0 Å². The van der Waals surface area contributed by atoms with Crippen molar-refractivity contribution >= 4 is 11.8 Å². The van der Waals surface area contributed by atoms with Crippen molar-refractivity contribution in [3.63, 3.8) is 0 Å². The third kappa shape index (κ3) is 3.01. The molecule has 2 amide bonds. The van der Waals surface area contributed by atoms with E-state index in [1.807, 2.05) is 4.90 Å². The largest absolute Gasteiger partial charge is 0.368 e. The van der Waals surface area contributed by atoms with Crippen molar-refractivity contribution in [3.8, 4) is 0 Å². The van der Waals surface area contributed by atoms with Crippen LogP contribution in [0.1, 0.15) is 70.6 Å². The van der Waals surface area contributed by atoms with Crippen LogP contribution in [-0.2, 0) is 9.59 Å². The Hall–Kier alpha value is -1.06. The van der Waals surface area contributed by atoms with Crippen LogP contribution in [0.15, 0.2) is 0 Å². The van der Waals surface area contributed by atoms with Gasteiger partial charge in [0, 0.05) is 12.5 Å². The number of hydrogen-bond donors (Lipinski definition) is 1. The van der Waals surface area contributed by atoms with Gasteiger partial charge in [-0.1, -0.05) is 12.8 Å². The lowest BCUT2D eigenvalue weighted by Gasteiger charge is -2.57. The number of carbonyl (C=O) groups is 2. The van der Waals surface area contributed by atoms with Crippen molar-refractivity contribution in [2.45, 2.75) is 76.7 Å². The Kier molecular flexibility index (Phi) is 3.89. The minimum Gasteiger partial charge on any atom is -0.368 e. The summed E-state index contributed by atoms with van der Waals surface area (Å²) in [6.45, 7) is 0.121. The Morgan fingerprint density at radius 2 is 1.48 bits per heavy atom. The molecule has 0 unspecified atom stereocenters. The number of primary amides is 1. The maximum atomic E-state index is 13.1. The molecule has 2 N–H and O–H groups in total. The van der Waals surface area contributed by atoms with E-state index in [0.717, 1.165) is 30.6 Å². The molecule has 4 bridgehead atoms. The van der Waals surface area contributed by atoms with Gasteiger partial charge in [0.25, 0.3) is 0 Å². The Balaban J connectivity index is 1.47. The normalized spacial score (nSPS) is 38.9. The molecule has 4 nitrogen and oxygen atoms in total. The van der Waals surface area contributed by atoms with E-state index in [9.17, 15) is 9.59 Å². The molecule has 0 atom stereocenters. The Labute approximate surface area is 139 Å². The first-order valence-corrected chi connectivity index (χ1v) is 9.61. The van der Waals surface area contributed by atoms with E-state index < -0.39 is 0 Å². The number of nitrogens with two attached hydrogens (primary N) is 1. The summed E-state index contributed by atoms with van der Waals surface area (Å²) in [5.74, 6) is 2.44. The van der Waals surface area contributed by atoms with E-state index in [2.05, 4.69) is 0 Å². The van der Waals surface area contributed by atoms with Crippen molar-refractivity contribution in [2.24, 2.45) is 28.9 Å². The molecule has 5 aliphatic carbocycles. The maximum Gasteiger partial charge on any atom is 0.237 e. The van der Waals surface area contributed by atoms with Crippen LogP contribution >= 0.6 is 0 Å². The lowest BCUT2D eigenvalue weighted by Crippen LogP contribution is -2.50. The van der Waals surface area contributed by atoms with Crippen LogP contribution in [0.4, 0.5) is 0 Å². The first-order chi connectivity index (χ1) is 11.0. The highest BCUT2D eigenvalue weighted by Crippen LogP contribution is 2.61. The molecular weight excluding hydrogens is 288 g/mol. The van der Waals surface area contributed by atoms with Crippen molar-refractivity contribution in [3.05, 3.63) is 0 Å². The smallest absolute Gasteiger partial charge is 0.237 e. The van der Waals surface area contributed by atoms with Gasteiger partial charge >= 0.3 is 0 Å². The van der Waals surface area contributed by atoms with Gasteiger partial charge in [-0.25, -0.2) is 0 Å². The van der Waals surface area contributed by atoms with Gasteiger partial charge in [-0.2, -0.15) is 0 Å². The lowest BCUT2D eigenvalue weighted by atomic mass is 9.49. The molecule has 0 aromatic rings. The van der Waals surface area contributed by atoms with Crippen LogP contribution in [0, 0.1) is 23.2 Å². The molecule has 0 radical (unpaired) electrons. The first kappa shape index (κ1) is 15.5. The Morgan fingerprint density at radius 3 is 1.96 bits per heavy atom. The van der Waals surface area contributed by atoms with Crippen LogP contribution in [-0.4, -0.2) is 29.3 Å². The molecule has 5 aliphatic rings. The monoisotopic (exact) mass is 318 g/mol. The Bertz CT molecular complexity index is 460. The quantitative estimate of drug-likeness (QED) is 0.847. The minimum atomic E-state index is -0.365. The summed E-state index contributed by atoms with van der Waals surface area (Å²) in [5.41, 5.74) is 5.68.